The van der Waals surface area contributed by atoms with Gasteiger partial charge in [0.05, 0.1) is 36.4 Å². The maximum atomic E-state index is 13.1. The highest BCUT2D eigenvalue weighted by molar-refractivity contribution is 5.78. The highest BCUT2D eigenvalue weighted by atomic mass is 19.4. The minimum Gasteiger partial charge on any atom is -0.473 e. The van der Waals surface area contributed by atoms with Gasteiger partial charge >= 0.3 is 6.18 Å². The molecule has 2 saturated heterocycles. The van der Waals surface area contributed by atoms with Gasteiger partial charge in [-0.3, -0.25) is 20.0 Å². The quantitative estimate of drug-likeness (QED) is 0.241. The predicted octanol–water partition coefficient (Wildman–Crippen LogP) is 5.08. The maximum Gasteiger partial charge on any atom is 0.451 e. The molecule has 45 heavy (non-hydrogen) atoms. The number of H-pyrrole nitrogens is 1. The largest absolute Gasteiger partial charge is 0.473 e. The summed E-state index contributed by atoms with van der Waals surface area (Å²) in [6.07, 6.45) is 1.78. The van der Waals surface area contributed by atoms with Crippen LogP contribution >= 0.6 is 0 Å². The molecule has 0 radical (unpaired) electrons. The molecular formula is C31H32F3N9O2. The van der Waals surface area contributed by atoms with E-state index in [1.54, 1.807) is 12.3 Å². The average Bonchev–Trinajstić information content (AvgIpc) is 3.64. The highest BCUT2D eigenvalue weighted by Gasteiger charge is 2.35. The first-order valence-corrected chi connectivity index (χ1v) is 15.0. The van der Waals surface area contributed by atoms with Gasteiger partial charge in [0, 0.05) is 41.7 Å². The van der Waals surface area contributed by atoms with Gasteiger partial charge in [0.15, 0.2) is 5.82 Å². The van der Waals surface area contributed by atoms with Crippen LogP contribution < -0.4 is 4.74 Å². The molecule has 1 atom stereocenters. The second-order valence-corrected chi connectivity index (χ2v) is 11.5. The molecule has 0 amide bonds. The van der Waals surface area contributed by atoms with E-state index >= 15 is 0 Å². The van der Waals surface area contributed by atoms with Crippen LogP contribution in [0.3, 0.4) is 0 Å². The Morgan fingerprint density at radius 3 is 2.58 bits per heavy atom. The summed E-state index contributed by atoms with van der Waals surface area (Å²) in [5.41, 5.74) is 4.65. The van der Waals surface area contributed by atoms with Crippen LogP contribution in [0.2, 0.25) is 0 Å². The summed E-state index contributed by atoms with van der Waals surface area (Å²) in [7, 11) is 0. The minimum atomic E-state index is -4.62. The van der Waals surface area contributed by atoms with Gasteiger partial charge in [-0.05, 0) is 57.5 Å². The lowest BCUT2D eigenvalue weighted by Gasteiger charge is -2.32. The number of imidazole rings is 1. The van der Waals surface area contributed by atoms with Crippen LogP contribution in [0.1, 0.15) is 53.8 Å². The molecule has 0 saturated carbocycles. The third-order valence-corrected chi connectivity index (χ3v) is 8.35. The van der Waals surface area contributed by atoms with Crippen molar-refractivity contribution < 1.29 is 22.6 Å². The molecule has 0 unspecified atom stereocenters. The number of hydrogen-bond donors (Lipinski definition) is 1. The lowest BCUT2D eigenvalue weighted by molar-refractivity contribution is -0.144. The van der Waals surface area contributed by atoms with Gasteiger partial charge in [-0.2, -0.15) is 18.3 Å². The average molecular weight is 620 g/mol. The summed E-state index contributed by atoms with van der Waals surface area (Å²) in [6, 6.07) is 11.6. The fourth-order valence-electron chi connectivity index (χ4n) is 5.72. The number of ether oxygens (including phenoxy) is 2. The molecule has 2 aliphatic rings. The molecule has 2 fully saturated rings. The van der Waals surface area contributed by atoms with Crippen LogP contribution in [-0.2, 0) is 30.6 Å². The molecular weight excluding hydrogens is 587 g/mol. The van der Waals surface area contributed by atoms with Crippen LogP contribution in [0.4, 0.5) is 13.2 Å². The van der Waals surface area contributed by atoms with E-state index in [9.17, 15) is 13.2 Å². The monoisotopic (exact) mass is 619 g/mol. The van der Waals surface area contributed by atoms with Gasteiger partial charge in [0.25, 0.3) is 0 Å². The van der Waals surface area contributed by atoms with E-state index < -0.39 is 12.0 Å². The molecule has 0 spiro atoms. The van der Waals surface area contributed by atoms with Gasteiger partial charge in [-0.1, -0.05) is 12.1 Å². The molecule has 7 heterocycles. The number of aryl methyl sites for hydroxylation is 1. The number of likely N-dealkylation sites (tertiary alicyclic amines) is 1. The Bertz CT molecular complexity index is 1780. The van der Waals surface area contributed by atoms with Gasteiger partial charge in [-0.15, -0.1) is 0 Å². The first-order valence-electron chi connectivity index (χ1n) is 15.0. The van der Waals surface area contributed by atoms with E-state index in [0.29, 0.717) is 37.0 Å². The zero-order chi connectivity index (χ0) is 31.0. The summed E-state index contributed by atoms with van der Waals surface area (Å²) in [5, 5.41) is 5.67. The number of aromatic amines is 1. The zero-order valence-corrected chi connectivity index (χ0v) is 24.7. The molecule has 5 aromatic rings. The van der Waals surface area contributed by atoms with Crippen LogP contribution in [0.15, 0.2) is 48.8 Å². The van der Waals surface area contributed by atoms with Gasteiger partial charge < -0.3 is 14.0 Å². The Hall–Kier alpha value is -4.43. The third-order valence-electron chi connectivity index (χ3n) is 8.35. The number of rotatable bonds is 9. The fourth-order valence-corrected chi connectivity index (χ4v) is 5.72. The van der Waals surface area contributed by atoms with E-state index in [1.807, 2.05) is 42.5 Å². The van der Waals surface area contributed by atoms with E-state index in [-0.39, 0.29) is 17.6 Å². The minimum absolute atomic E-state index is 0.0942. The Morgan fingerprint density at radius 2 is 1.87 bits per heavy atom. The van der Waals surface area contributed by atoms with Crippen molar-refractivity contribution in [3.63, 3.8) is 0 Å². The molecule has 0 bridgehead atoms. The first-order chi connectivity index (χ1) is 21.8. The van der Waals surface area contributed by atoms with Crippen molar-refractivity contribution in [2.75, 3.05) is 19.7 Å². The van der Waals surface area contributed by atoms with E-state index in [2.05, 4.69) is 35.6 Å². The van der Waals surface area contributed by atoms with Crippen LogP contribution in [0, 0.1) is 6.92 Å². The lowest BCUT2D eigenvalue weighted by atomic mass is 9.93. The van der Waals surface area contributed by atoms with Crippen molar-refractivity contribution >= 4 is 11.0 Å². The summed E-state index contributed by atoms with van der Waals surface area (Å²) < 4.78 is 52.9. The van der Waals surface area contributed by atoms with Crippen LogP contribution in [0.5, 0.6) is 5.88 Å². The number of aromatic nitrogens is 8. The fraction of sp³-hybridized carbons (Fsp3) is 0.419. The normalized spacial score (nSPS) is 17.9. The Balaban J connectivity index is 1.03. The number of pyridine rings is 3. The first kappa shape index (κ1) is 29.3. The summed E-state index contributed by atoms with van der Waals surface area (Å²) in [5.74, 6) is 0.506. The molecule has 0 aromatic carbocycles. The Labute approximate surface area is 256 Å². The smallest absolute Gasteiger partial charge is 0.451 e. The standard InChI is InChI=1S/C31H32F3N9O2/c1-19-5-6-20(14-35-19)18-45-28-4-2-3-23(38-28)21-7-10-42(11-8-21)17-27-37-24-13-25(29-39-30(41-40-29)31(32,33)34)36-15-26(24)43(27)16-22-9-12-44-22/h2-6,13-15,21-22H,7-12,16-18H2,1H3,(H,39,40,41)/t22-/m0/s1. The van der Waals surface area contributed by atoms with Crippen molar-refractivity contribution in [1.82, 2.24) is 44.6 Å². The van der Waals surface area contributed by atoms with Gasteiger partial charge in [0.1, 0.15) is 18.1 Å². The number of halogens is 3. The molecule has 234 valence electrons. The number of piperidine rings is 1. The second-order valence-electron chi connectivity index (χ2n) is 11.5. The molecule has 1 N–H and O–H groups in total. The van der Waals surface area contributed by atoms with Crippen LogP contribution in [-0.4, -0.2) is 70.4 Å². The van der Waals surface area contributed by atoms with Gasteiger partial charge in [-0.25, -0.2) is 15.0 Å². The topological polar surface area (TPSA) is 120 Å². The summed E-state index contributed by atoms with van der Waals surface area (Å²) >= 11 is 0. The van der Waals surface area contributed by atoms with Crippen LogP contribution in [0.25, 0.3) is 22.6 Å². The van der Waals surface area contributed by atoms with Crippen molar-refractivity contribution in [1.29, 1.82) is 0 Å². The summed E-state index contributed by atoms with van der Waals surface area (Å²) in [6.45, 7) is 6.11. The van der Waals surface area contributed by atoms with E-state index in [1.165, 1.54) is 0 Å². The number of nitrogens with zero attached hydrogens (tertiary/aromatic N) is 8. The predicted molar refractivity (Wildman–Crippen MR) is 157 cm³/mol. The van der Waals surface area contributed by atoms with E-state index in [4.69, 9.17) is 19.4 Å². The number of hydrogen-bond acceptors (Lipinski definition) is 9. The summed E-state index contributed by atoms with van der Waals surface area (Å²) in [4.78, 5) is 24.4. The second kappa shape index (κ2) is 12.2. The van der Waals surface area contributed by atoms with Crippen molar-refractivity contribution in [3.8, 4) is 17.4 Å². The van der Waals surface area contributed by atoms with Crippen molar-refractivity contribution in [3.05, 3.63) is 77.4 Å². The molecule has 5 aromatic heterocycles. The third kappa shape index (κ3) is 6.52. The SMILES string of the molecule is Cc1ccc(COc2cccc(C3CCN(Cc4nc5cc(-c6n[nH]c(C(F)(F)F)n6)ncc5n4C[C@@H]4CCO4)CC3)n2)cn1. The lowest BCUT2D eigenvalue weighted by Crippen LogP contribution is -2.35. The van der Waals surface area contributed by atoms with Crippen molar-refractivity contribution in [2.24, 2.45) is 0 Å². The van der Waals surface area contributed by atoms with Crippen molar-refractivity contribution in [2.45, 2.75) is 64.1 Å². The molecule has 7 rings (SSSR count). The van der Waals surface area contributed by atoms with E-state index in [0.717, 1.165) is 67.3 Å². The molecule has 14 heteroatoms. The highest BCUT2D eigenvalue weighted by Crippen LogP contribution is 2.31. The Kier molecular flexibility index (Phi) is 7.92. The maximum absolute atomic E-state index is 13.1. The number of nitrogens with one attached hydrogen (secondary N) is 1. The number of alkyl halides is 3. The molecule has 2 aliphatic heterocycles. The Morgan fingerprint density at radius 1 is 1.02 bits per heavy atom. The number of fused-ring (bicyclic) bond motifs is 1. The molecule has 11 nitrogen and oxygen atoms in total. The van der Waals surface area contributed by atoms with Gasteiger partial charge in [0.2, 0.25) is 11.7 Å². The zero-order valence-electron chi connectivity index (χ0n) is 24.7. The molecule has 0 aliphatic carbocycles.